The SMILES string of the molecule is CC(C)(COP(=O)([O-])OP(=O)([O-])OC[C@H]1O[C@@H](n2cnc3c(N)ncnc32)[C@H](O)[C@@H]1OP(=O)([O-])[O-])[C@@H](O)C(=O)NCCC(=O)NCCSC(=O)CCCC[C@@H]1SC[C@@H]2NC(=O)N[C@@H]21. The minimum atomic E-state index is -5.93. The summed E-state index contributed by atoms with van der Waals surface area (Å²) in [5, 5.41) is 32.5. The van der Waals surface area contributed by atoms with Gasteiger partial charge < -0.3 is 79.7 Å². The molecule has 10 atom stereocenters. The van der Waals surface area contributed by atoms with Gasteiger partial charge in [-0.25, -0.2) is 24.1 Å². The number of rotatable bonds is 24. The molecule has 3 aliphatic rings. The molecule has 5 rings (SSSR count). The molecule has 4 amide bonds. The van der Waals surface area contributed by atoms with Crippen molar-refractivity contribution in [3.05, 3.63) is 12.7 Å². The molecule has 27 nitrogen and oxygen atoms in total. The number of anilines is 1. The number of amides is 4. The van der Waals surface area contributed by atoms with Gasteiger partial charge in [0.05, 0.1) is 39.4 Å². The van der Waals surface area contributed by atoms with Crippen molar-refractivity contribution in [2.45, 2.75) is 93.9 Å². The standard InChI is InChI=1S/C31H50N9O18P3S2/c1-31(2,25(44)28(45)34-8-7-19(41)33-9-10-62-20(42)6-4-3-5-18-21-16(12-63-18)38-30(46)39-21)13-55-61(52,53)58-60(50,51)54-11-17-24(57-59(47,48)49)23(43)29(56-17)40-15-37-22-26(32)35-14-36-27(22)40/h14-18,21,23-25,29,43-44H,3-13H2,1-2H3,(H,33,41)(H,34,45)(H,50,51)(H,52,53)(H2,32,35,36)(H2,38,39,46)(H2,47,48,49)/p-4/t16-,17+,18-,21-,23+,24+,25-,29+/m0/s1. The van der Waals surface area contributed by atoms with Crippen LogP contribution in [0, 0.1) is 5.41 Å². The molecule has 3 fully saturated rings. The Morgan fingerprint density at radius 2 is 1.81 bits per heavy atom. The number of phosphoric acid groups is 3. The topological polar surface area (TPSA) is 416 Å². The van der Waals surface area contributed by atoms with Gasteiger partial charge in [-0.3, -0.25) is 28.1 Å². The van der Waals surface area contributed by atoms with E-state index in [-0.39, 0.29) is 59.7 Å². The van der Waals surface area contributed by atoms with Crippen molar-refractivity contribution in [3.8, 4) is 0 Å². The maximum atomic E-state index is 12.6. The van der Waals surface area contributed by atoms with Crippen molar-refractivity contribution in [1.82, 2.24) is 40.8 Å². The fraction of sp³-hybridized carbons (Fsp3) is 0.710. The van der Waals surface area contributed by atoms with Crippen LogP contribution in [0.1, 0.15) is 52.2 Å². The summed E-state index contributed by atoms with van der Waals surface area (Å²) in [5.41, 5.74) is 4.06. The average Bonchev–Trinajstić information content (AvgIpc) is 3.96. The van der Waals surface area contributed by atoms with E-state index < -0.39 is 84.6 Å². The van der Waals surface area contributed by atoms with E-state index in [4.69, 9.17) is 10.5 Å². The Morgan fingerprint density at radius 3 is 2.54 bits per heavy atom. The molecule has 2 unspecified atom stereocenters. The van der Waals surface area contributed by atoms with E-state index in [1.54, 1.807) is 0 Å². The second-order valence-electron chi connectivity index (χ2n) is 15.1. The van der Waals surface area contributed by atoms with E-state index in [1.807, 2.05) is 11.8 Å². The van der Waals surface area contributed by atoms with Crippen LogP contribution in [0.15, 0.2) is 12.7 Å². The Kier molecular flexibility index (Phi) is 17.6. The van der Waals surface area contributed by atoms with Gasteiger partial charge in [0.25, 0.3) is 15.6 Å². The third-order valence-electron chi connectivity index (χ3n) is 9.80. The van der Waals surface area contributed by atoms with E-state index in [0.29, 0.717) is 23.8 Å². The summed E-state index contributed by atoms with van der Waals surface area (Å²) in [6.07, 6.45) is -4.83. The van der Waals surface area contributed by atoms with Crippen LogP contribution in [0.4, 0.5) is 10.6 Å². The van der Waals surface area contributed by atoms with Crippen LogP contribution >= 0.6 is 47.0 Å². The van der Waals surface area contributed by atoms with Gasteiger partial charge in [-0.2, -0.15) is 11.8 Å². The Hall–Kier alpha value is -2.82. The zero-order valence-corrected chi connectivity index (χ0v) is 37.8. The Balaban J connectivity index is 0.979. The van der Waals surface area contributed by atoms with Crippen LogP contribution < -0.4 is 46.6 Å². The number of nitrogen functional groups attached to an aromatic ring is 1. The normalized spacial score (nSPS) is 26.0. The number of nitrogens with one attached hydrogen (secondary N) is 4. The number of ether oxygens (including phenoxy) is 1. The lowest BCUT2D eigenvalue weighted by Gasteiger charge is -2.36. The average molecular weight is 990 g/mol. The van der Waals surface area contributed by atoms with Crippen LogP contribution in [0.25, 0.3) is 11.2 Å². The van der Waals surface area contributed by atoms with E-state index in [0.717, 1.165) is 47.6 Å². The summed E-state index contributed by atoms with van der Waals surface area (Å²) >= 11 is 2.89. The Morgan fingerprint density at radius 1 is 1.08 bits per heavy atom. The summed E-state index contributed by atoms with van der Waals surface area (Å²) in [7, 11) is -17.6. The zero-order valence-electron chi connectivity index (χ0n) is 33.5. The smallest absolute Gasteiger partial charge is 0.315 e. The molecule has 0 aliphatic carbocycles. The molecule has 2 aromatic rings. The minimum absolute atomic E-state index is 0.0161. The molecule has 63 heavy (non-hydrogen) atoms. The number of phosphoric ester groups is 3. The summed E-state index contributed by atoms with van der Waals surface area (Å²) in [4.78, 5) is 108. The number of fused-ring (bicyclic) bond motifs is 2. The Bertz CT molecular complexity index is 2120. The van der Waals surface area contributed by atoms with Crippen molar-refractivity contribution in [3.63, 3.8) is 0 Å². The van der Waals surface area contributed by atoms with Gasteiger partial charge in [0.1, 0.15) is 36.3 Å². The number of aromatic nitrogens is 4. The third-order valence-corrected chi connectivity index (χ3v) is 15.3. The Labute approximate surface area is 367 Å². The number of urea groups is 1. The van der Waals surface area contributed by atoms with Crippen molar-refractivity contribution in [2.75, 3.05) is 43.5 Å². The van der Waals surface area contributed by atoms with Crippen molar-refractivity contribution >= 4 is 86.9 Å². The highest BCUT2D eigenvalue weighted by molar-refractivity contribution is 8.13. The molecule has 0 spiro atoms. The minimum Gasteiger partial charge on any atom is -0.790 e. The predicted octanol–water partition coefficient (Wildman–Crippen LogP) is -3.14. The first-order valence-electron chi connectivity index (χ1n) is 19.1. The van der Waals surface area contributed by atoms with E-state index in [2.05, 4.69) is 54.1 Å². The van der Waals surface area contributed by atoms with Gasteiger partial charge in [0, 0.05) is 48.1 Å². The highest BCUT2D eigenvalue weighted by Gasteiger charge is 2.48. The number of hydrogen-bond acceptors (Lipinski definition) is 24. The molecule has 0 radical (unpaired) electrons. The number of hydrogen-bond donors (Lipinski definition) is 7. The van der Waals surface area contributed by atoms with Crippen LogP contribution in [-0.4, -0.2) is 132 Å². The number of aliphatic hydroxyl groups excluding tert-OH is 2. The molecule has 0 saturated carbocycles. The third kappa shape index (κ3) is 14.6. The molecule has 0 bridgehead atoms. The molecule has 2 aromatic heterocycles. The van der Waals surface area contributed by atoms with Crippen LogP contribution in [0.3, 0.4) is 0 Å². The largest absolute Gasteiger partial charge is 0.790 e. The molecule has 0 aromatic carbocycles. The fourth-order valence-electron chi connectivity index (χ4n) is 6.60. The predicted molar refractivity (Wildman–Crippen MR) is 212 cm³/mol. The number of imidazole rings is 1. The lowest BCUT2D eigenvalue weighted by molar-refractivity contribution is -0.347. The quantitative estimate of drug-likeness (QED) is 0.0310. The zero-order chi connectivity index (χ0) is 46.3. The molecular formula is C31H46N9O18P3S2-4. The van der Waals surface area contributed by atoms with Gasteiger partial charge in [0.15, 0.2) is 22.8 Å². The molecule has 8 N–H and O–H groups in total. The monoisotopic (exact) mass is 989 g/mol. The van der Waals surface area contributed by atoms with E-state index in [1.165, 1.54) is 13.8 Å². The van der Waals surface area contributed by atoms with Crippen LogP contribution in [-0.2, 0) is 50.7 Å². The van der Waals surface area contributed by atoms with Crippen LogP contribution in [0.5, 0.6) is 0 Å². The summed E-state index contributed by atoms with van der Waals surface area (Å²) in [6, 6.07) is 0.115. The number of unbranched alkanes of at least 4 members (excludes halogenated alkanes) is 1. The van der Waals surface area contributed by atoms with Crippen LogP contribution in [0.2, 0.25) is 0 Å². The first kappa shape index (κ1) is 51.2. The first-order valence-corrected chi connectivity index (χ1v) is 25.5. The molecule has 5 heterocycles. The number of carbonyl (C=O) groups excluding carboxylic acids is 4. The molecule has 3 aliphatic heterocycles. The summed E-state index contributed by atoms with van der Waals surface area (Å²) in [6.45, 7) is 0.0558. The highest BCUT2D eigenvalue weighted by atomic mass is 32.2. The van der Waals surface area contributed by atoms with Gasteiger partial charge in [0.2, 0.25) is 11.8 Å². The number of aliphatic hydroxyl groups is 2. The number of nitrogens with zero attached hydrogens (tertiary/aromatic N) is 4. The molecular weight excluding hydrogens is 943 g/mol. The second kappa shape index (κ2) is 21.7. The summed E-state index contributed by atoms with van der Waals surface area (Å²) in [5.74, 6) is -0.376. The van der Waals surface area contributed by atoms with Crippen molar-refractivity contribution < 1.29 is 85.3 Å². The van der Waals surface area contributed by atoms with Gasteiger partial charge in [-0.05, 0) is 12.8 Å². The maximum Gasteiger partial charge on any atom is 0.315 e. The van der Waals surface area contributed by atoms with Crippen molar-refractivity contribution in [1.29, 1.82) is 0 Å². The molecule has 354 valence electrons. The number of carbonyl (C=O) groups is 4. The van der Waals surface area contributed by atoms with Crippen molar-refractivity contribution in [2.24, 2.45) is 5.41 Å². The molecule has 3 saturated heterocycles. The first-order chi connectivity index (χ1) is 29.4. The van der Waals surface area contributed by atoms with Gasteiger partial charge in [-0.15, -0.1) is 0 Å². The number of nitrogens with two attached hydrogens (primary N) is 1. The lowest BCUT2D eigenvalue weighted by atomic mass is 9.87. The molecule has 32 heteroatoms. The van der Waals surface area contributed by atoms with Gasteiger partial charge >= 0.3 is 6.03 Å². The van der Waals surface area contributed by atoms with E-state index >= 15 is 0 Å². The highest BCUT2D eigenvalue weighted by Crippen LogP contribution is 2.56. The van der Waals surface area contributed by atoms with Gasteiger partial charge in [-0.1, -0.05) is 32.0 Å². The second-order valence-corrected chi connectivity index (χ2v) is 21.6. The maximum absolute atomic E-state index is 12.6. The fourth-order valence-corrected chi connectivity index (χ4v) is 11.6. The lowest BCUT2D eigenvalue weighted by Crippen LogP contribution is -2.46. The van der Waals surface area contributed by atoms with E-state index in [9.17, 15) is 62.7 Å². The summed E-state index contributed by atoms with van der Waals surface area (Å²) < 4.78 is 60.7. The number of thioether (sulfide) groups is 2.